The molecule has 0 aliphatic rings. The van der Waals surface area contributed by atoms with Gasteiger partial charge in [0.2, 0.25) is 0 Å². The van der Waals surface area contributed by atoms with Gasteiger partial charge in [0.15, 0.2) is 0 Å². The highest BCUT2D eigenvalue weighted by Gasteiger charge is 2.14. The highest BCUT2D eigenvalue weighted by molar-refractivity contribution is 5.13. The van der Waals surface area contributed by atoms with E-state index >= 15 is 0 Å². The van der Waals surface area contributed by atoms with Gasteiger partial charge in [-0.2, -0.15) is 5.26 Å². The summed E-state index contributed by atoms with van der Waals surface area (Å²) in [5.41, 5.74) is 0.952. The Morgan fingerprint density at radius 2 is 2.35 bits per heavy atom. The first kappa shape index (κ1) is 13.7. The zero-order valence-corrected chi connectivity index (χ0v) is 10.8. The lowest BCUT2D eigenvalue weighted by molar-refractivity contribution is 0.392. The molecule has 0 bridgehead atoms. The van der Waals surface area contributed by atoms with Crippen LogP contribution >= 0.6 is 0 Å². The van der Waals surface area contributed by atoms with Crippen LogP contribution in [0.3, 0.4) is 0 Å². The van der Waals surface area contributed by atoms with Crippen LogP contribution in [0.5, 0.6) is 0 Å². The molecule has 0 saturated carbocycles. The predicted octanol–water partition coefficient (Wildman–Crippen LogP) is 1.01. The Morgan fingerprint density at radius 1 is 1.59 bits per heavy atom. The Balaban J connectivity index is 2.60. The first-order valence-corrected chi connectivity index (χ1v) is 5.96. The van der Waals surface area contributed by atoms with Crippen LogP contribution in [0.2, 0.25) is 0 Å². The van der Waals surface area contributed by atoms with Gasteiger partial charge in [-0.1, -0.05) is 6.92 Å². The van der Waals surface area contributed by atoms with E-state index in [1.165, 1.54) is 0 Å². The molecule has 0 spiro atoms. The normalized spacial score (nSPS) is 12.6. The van der Waals surface area contributed by atoms with Crippen molar-refractivity contribution < 1.29 is 0 Å². The molecule has 1 unspecified atom stereocenters. The Hall–Kier alpha value is -1.38. The van der Waals surface area contributed by atoms with E-state index in [-0.39, 0.29) is 6.04 Å². The molecule has 1 aromatic heterocycles. The van der Waals surface area contributed by atoms with Crippen LogP contribution in [0.4, 0.5) is 0 Å². The van der Waals surface area contributed by atoms with Crippen molar-refractivity contribution >= 4 is 0 Å². The van der Waals surface area contributed by atoms with E-state index in [2.05, 4.69) is 28.2 Å². The average Bonchev–Trinajstić information content (AvgIpc) is 2.73. The van der Waals surface area contributed by atoms with Gasteiger partial charge >= 0.3 is 0 Å². The van der Waals surface area contributed by atoms with E-state index in [0.29, 0.717) is 0 Å². The Bertz CT molecular complexity index is 363. The van der Waals surface area contributed by atoms with Crippen LogP contribution in [0.15, 0.2) is 12.5 Å². The molecule has 17 heavy (non-hydrogen) atoms. The molecule has 0 radical (unpaired) electrons. The topological polar surface area (TPSA) is 56.9 Å². The summed E-state index contributed by atoms with van der Waals surface area (Å²) in [5, 5.41) is 12.4. The Kier molecular flexibility index (Phi) is 5.67. The van der Waals surface area contributed by atoms with Crippen molar-refractivity contribution in [2.45, 2.75) is 25.9 Å². The number of aryl methyl sites for hydroxylation is 1. The molecule has 5 nitrogen and oxygen atoms in total. The number of nitrogens with one attached hydrogen (secondary N) is 1. The fourth-order valence-electron chi connectivity index (χ4n) is 1.65. The third-order valence-electron chi connectivity index (χ3n) is 2.54. The monoisotopic (exact) mass is 235 g/mol. The number of aromatic nitrogens is 2. The second kappa shape index (κ2) is 7.05. The molecular formula is C12H21N5. The van der Waals surface area contributed by atoms with Crippen LogP contribution in [-0.2, 0) is 6.54 Å². The third kappa shape index (κ3) is 4.17. The Labute approximate surface area is 103 Å². The van der Waals surface area contributed by atoms with E-state index < -0.39 is 0 Å². The van der Waals surface area contributed by atoms with Gasteiger partial charge < -0.3 is 9.47 Å². The molecule has 1 rings (SSSR count). The molecule has 0 fully saturated rings. The third-order valence-corrected chi connectivity index (χ3v) is 2.54. The van der Waals surface area contributed by atoms with E-state index in [1.807, 2.05) is 18.7 Å². The van der Waals surface area contributed by atoms with Gasteiger partial charge in [0, 0.05) is 19.6 Å². The van der Waals surface area contributed by atoms with Gasteiger partial charge in [-0.05, 0) is 20.5 Å². The Morgan fingerprint density at radius 3 is 2.94 bits per heavy atom. The average molecular weight is 235 g/mol. The van der Waals surface area contributed by atoms with E-state index in [1.54, 1.807) is 12.5 Å². The molecule has 1 aromatic rings. The zero-order chi connectivity index (χ0) is 12.7. The van der Waals surface area contributed by atoms with Crippen LogP contribution in [0, 0.1) is 11.3 Å². The fourth-order valence-corrected chi connectivity index (χ4v) is 1.65. The summed E-state index contributed by atoms with van der Waals surface area (Å²) in [6.45, 7) is 4.73. The summed E-state index contributed by atoms with van der Waals surface area (Å²) in [6, 6.07) is 2.01. The molecule has 0 aliphatic carbocycles. The van der Waals surface area contributed by atoms with Crippen LogP contribution < -0.4 is 5.32 Å². The standard InChI is InChI=1S/C12H21N5/c1-4-6-17-10-14-9-12(17)11(8-13)15-5-7-16(2)3/h9-11,15H,4-7H2,1-3H3. The number of hydrogen-bond donors (Lipinski definition) is 1. The number of likely N-dealkylation sites (N-methyl/N-ethyl adjacent to an activating group) is 1. The molecular weight excluding hydrogens is 214 g/mol. The lowest BCUT2D eigenvalue weighted by Crippen LogP contribution is -2.30. The maximum Gasteiger partial charge on any atom is 0.138 e. The molecule has 0 aliphatic heterocycles. The highest BCUT2D eigenvalue weighted by atomic mass is 15.1. The van der Waals surface area contributed by atoms with Gasteiger partial charge in [0.1, 0.15) is 6.04 Å². The van der Waals surface area contributed by atoms with Gasteiger partial charge in [-0.3, -0.25) is 5.32 Å². The van der Waals surface area contributed by atoms with Crippen molar-refractivity contribution in [2.24, 2.45) is 0 Å². The summed E-state index contributed by atoms with van der Waals surface area (Å²) < 4.78 is 2.04. The lowest BCUT2D eigenvalue weighted by atomic mass is 10.2. The maximum atomic E-state index is 9.19. The number of nitriles is 1. The van der Waals surface area contributed by atoms with Crippen molar-refractivity contribution in [1.82, 2.24) is 19.8 Å². The van der Waals surface area contributed by atoms with E-state index in [4.69, 9.17) is 0 Å². The zero-order valence-electron chi connectivity index (χ0n) is 10.8. The van der Waals surface area contributed by atoms with Gasteiger partial charge in [-0.15, -0.1) is 0 Å². The number of imidazole rings is 1. The molecule has 0 amide bonds. The van der Waals surface area contributed by atoms with E-state index in [0.717, 1.165) is 31.7 Å². The second-order valence-electron chi connectivity index (χ2n) is 4.33. The summed E-state index contributed by atoms with van der Waals surface area (Å²) in [4.78, 5) is 6.20. The largest absolute Gasteiger partial charge is 0.332 e. The molecule has 94 valence electrons. The summed E-state index contributed by atoms with van der Waals surface area (Å²) >= 11 is 0. The molecule has 0 aromatic carbocycles. The quantitative estimate of drug-likeness (QED) is 0.766. The lowest BCUT2D eigenvalue weighted by Gasteiger charge is -2.15. The second-order valence-corrected chi connectivity index (χ2v) is 4.33. The van der Waals surface area contributed by atoms with E-state index in [9.17, 15) is 5.26 Å². The van der Waals surface area contributed by atoms with Gasteiger partial charge in [-0.25, -0.2) is 4.98 Å². The van der Waals surface area contributed by atoms with Gasteiger partial charge in [0.05, 0.1) is 24.3 Å². The first-order valence-electron chi connectivity index (χ1n) is 5.96. The molecule has 0 saturated heterocycles. The SMILES string of the molecule is CCCn1cncc1C(C#N)NCCN(C)C. The number of nitrogens with zero attached hydrogens (tertiary/aromatic N) is 4. The fraction of sp³-hybridized carbons (Fsp3) is 0.667. The summed E-state index contributed by atoms with van der Waals surface area (Å²) in [5.74, 6) is 0. The van der Waals surface area contributed by atoms with Gasteiger partial charge in [0.25, 0.3) is 0 Å². The maximum absolute atomic E-state index is 9.19. The number of rotatable bonds is 7. The minimum Gasteiger partial charge on any atom is -0.332 e. The smallest absolute Gasteiger partial charge is 0.138 e. The highest BCUT2D eigenvalue weighted by Crippen LogP contribution is 2.11. The van der Waals surface area contributed by atoms with Crippen LogP contribution in [0.25, 0.3) is 0 Å². The molecule has 1 heterocycles. The molecule has 1 atom stereocenters. The van der Waals surface area contributed by atoms with Crippen molar-refractivity contribution in [1.29, 1.82) is 5.26 Å². The molecule has 5 heteroatoms. The van der Waals surface area contributed by atoms with Crippen LogP contribution in [0.1, 0.15) is 25.1 Å². The summed E-state index contributed by atoms with van der Waals surface area (Å²) in [7, 11) is 4.04. The minimum atomic E-state index is -0.274. The van der Waals surface area contributed by atoms with Crippen molar-refractivity contribution in [3.63, 3.8) is 0 Å². The summed E-state index contributed by atoms with van der Waals surface area (Å²) in [6.07, 6.45) is 4.60. The van der Waals surface area contributed by atoms with Crippen molar-refractivity contribution in [2.75, 3.05) is 27.2 Å². The minimum absolute atomic E-state index is 0.274. The van der Waals surface area contributed by atoms with Crippen molar-refractivity contribution in [3.8, 4) is 6.07 Å². The van der Waals surface area contributed by atoms with Crippen molar-refractivity contribution in [3.05, 3.63) is 18.2 Å². The number of hydrogen-bond acceptors (Lipinski definition) is 4. The van der Waals surface area contributed by atoms with Crippen LogP contribution in [-0.4, -0.2) is 41.6 Å². The predicted molar refractivity (Wildman–Crippen MR) is 67.4 cm³/mol. The first-order chi connectivity index (χ1) is 8.19. The molecule has 1 N–H and O–H groups in total.